The van der Waals surface area contributed by atoms with Crippen molar-refractivity contribution in [2.45, 2.75) is 75.5 Å². The summed E-state index contributed by atoms with van der Waals surface area (Å²) in [5.74, 6) is -2.38. The number of ether oxygens (including phenoxy) is 2. The highest BCUT2D eigenvalue weighted by molar-refractivity contribution is 6.01. The summed E-state index contributed by atoms with van der Waals surface area (Å²) in [6, 6.07) is 12.8. The molecule has 238 valence electrons. The van der Waals surface area contributed by atoms with Crippen LogP contribution < -0.4 is 5.73 Å². The predicted octanol–water partition coefficient (Wildman–Crippen LogP) is 3.94. The summed E-state index contributed by atoms with van der Waals surface area (Å²) in [6.07, 6.45) is -0.935. The Balaban J connectivity index is 1.20. The lowest BCUT2D eigenvalue weighted by atomic mass is 9.44. The Morgan fingerprint density at radius 3 is 2.51 bits per heavy atom. The molecule has 10 atom stereocenters. The number of ketones is 2. The lowest BCUT2D eigenvalue weighted by Gasteiger charge is -2.63. The van der Waals surface area contributed by atoms with Crippen molar-refractivity contribution < 1.29 is 43.2 Å². The minimum atomic E-state index is -2.30. The number of nitrogens with two attached hydrogens (primary N) is 1. The van der Waals surface area contributed by atoms with Crippen molar-refractivity contribution in [2.24, 2.45) is 22.7 Å². The Morgan fingerprint density at radius 1 is 1.11 bits per heavy atom. The van der Waals surface area contributed by atoms with Gasteiger partial charge in [0, 0.05) is 28.4 Å². The van der Waals surface area contributed by atoms with Crippen molar-refractivity contribution in [3.8, 4) is 5.75 Å². The van der Waals surface area contributed by atoms with Crippen LogP contribution in [0.2, 0.25) is 0 Å². The summed E-state index contributed by atoms with van der Waals surface area (Å²) >= 11 is 0. The van der Waals surface area contributed by atoms with Crippen molar-refractivity contribution in [1.29, 1.82) is 0 Å². The van der Waals surface area contributed by atoms with Gasteiger partial charge in [-0.05, 0) is 79.5 Å². The summed E-state index contributed by atoms with van der Waals surface area (Å²) in [7, 11) is 0. The highest BCUT2D eigenvalue weighted by atomic mass is 19.1. The van der Waals surface area contributed by atoms with Gasteiger partial charge in [-0.25, -0.2) is 8.78 Å². The van der Waals surface area contributed by atoms with Crippen LogP contribution in [0.15, 0.2) is 66.3 Å². The molecule has 0 aromatic heterocycles. The number of fused-ring (bicyclic) bond motifs is 7. The molecule has 0 amide bonds. The maximum absolute atomic E-state index is 17.5. The molecule has 45 heavy (non-hydrogen) atoms. The molecule has 1 aliphatic heterocycles. The monoisotopic (exact) mass is 622 g/mol. The summed E-state index contributed by atoms with van der Waals surface area (Å²) in [5.41, 5.74) is 2.20. The Morgan fingerprint density at radius 2 is 1.82 bits per heavy atom. The van der Waals surface area contributed by atoms with E-state index in [0.29, 0.717) is 17.7 Å². The Hall–Kier alpha value is -3.44. The van der Waals surface area contributed by atoms with Crippen molar-refractivity contribution in [2.75, 3.05) is 12.3 Å². The predicted molar refractivity (Wildman–Crippen MR) is 161 cm³/mol. The molecule has 8 nitrogen and oxygen atoms in total. The second-order valence-electron chi connectivity index (χ2n) is 13.8. The minimum absolute atomic E-state index is 0.0311. The number of allylic oxidation sites excluding steroid dienone is 4. The molecular weight excluding hydrogens is 584 g/mol. The molecule has 0 spiro atoms. The Bertz CT molecular complexity index is 1640. The lowest BCUT2D eigenvalue weighted by molar-refractivity contribution is -0.235. The molecule has 2 aromatic rings. The number of Topliss-reactive ketones (excluding diaryl/α,β-unsaturated/α-hetero) is 1. The zero-order valence-electron chi connectivity index (χ0n) is 25.1. The molecule has 1 heterocycles. The highest BCUT2D eigenvalue weighted by Gasteiger charge is 2.80. The fourth-order valence-electron chi connectivity index (χ4n) is 9.47. The molecule has 10 heteroatoms. The summed E-state index contributed by atoms with van der Waals surface area (Å²) in [6.45, 7) is 2.46. The van der Waals surface area contributed by atoms with Gasteiger partial charge in [-0.15, -0.1) is 0 Å². The van der Waals surface area contributed by atoms with Gasteiger partial charge in [0.05, 0.1) is 12.2 Å². The van der Waals surface area contributed by atoms with E-state index in [1.165, 1.54) is 19.1 Å². The van der Waals surface area contributed by atoms with Crippen LogP contribution in [0.25, 0.3) is 0 Å². The zero-order valence-corrected chi connectivity index (χ0v) is 25.1. The number of aliphatic hydroxyl groups is 2. The van der Waals surface area contributed by atoms with Crippen molar-refractivity contribution in [3.05, 3.63) is 83.0 Å². The third-order valence-electron chi connectivity index (χ3n) is 11.7. The Kier molecular flexibility index (Phi) is 6.74. The highest BCUT2D eigenvalue weighted by Crippen LogP contribution is 2.72. The van der Waals surface area contributed by atoms with Gasteiger partial charge >= 0.3 is 0 Å². The molecule has 6 N–H and O–H groups in total. The number of halogens is 2. The molecule has 5 aliphatic rings. The molecule has 0 unspecified atom stereocenters. The van der Waals surface area contributed by atoms with Gasteiger partial charge in [0.15, 0.2) is 29.1 Å². The molecule has 2 aromatic carbocycles. The number of hydrogen-bond acceptors (Lipinski definition) is 7. The van der Waals surface area contributed by atoms with E-state index in [2.05, 4.69) is 0 Å². The average molecular weight is 623 g/mol. The fourth-order valence-corrected chi connectivity index (χ4v) is 9.47. The number of benzene rings is 2. The molecule has 4 aliphatic carbocycles. The maximum Gasteiger partial charge on any atom is 0.277 e. The van der Waals surface area contributed by atoms with E-state index in [-0.39, 0.29) is 30.6 Å². The topological polar surface area (TPSA) is 142 Å². The van der Waals surface area contributed by atoms with Crippen LogP contribution in [0.3, 0.4) is 0 Å². The van der Waals surface area contributed by atoms with E-state index in [1.807, 2.05) is 30.3 Å². The van der Waals surface area contributed by atoms with Gasteiger partial charge in [-0.2, -0.15) is 0 Å². The van der Waals surface area contributed by atoms with Crippen molar-refractivity contribution in [3.63, 3.8) is 0 Å². The van der Waals surface area contributed by atoms with Crippen LogP contribution in [0.1, 0.15) is 56.1 Å². The first-order valence-electron chi connectivity index (χ1n) is 15.4. The quantitative estimate of drug-likeness (QED) is 0.339. The number of alkyl halides is 2. The first-order valence-corrected chi connectivity index (χ1v) is 15.4. The number of carbonyl (C=O) groups excluding carboxylic acids is 2. The first-order chi connectivity index (χ1) is 21.3. The normalized spacial score (nSPS) is 41.6. The smallest absolute Gasteiger partial charge is 0.277 e. The van der Waals surface area contributed by atoms with Gasteiger partial charge in [0.2, 0.25) is 0 Å². The SMILES string of the molecule is C[C@]12C=CC(=O)C=C1[C@@H](F)C[C@H]1[C@@H]3C[C@H]4O[C@@H](c5ccc(Cc6ccc([OH2+])c(N)c6)cc5)O[C@@]4(C(=O)CO)[C@@]3(C)C[C@H](O)[C@@]12F. The van der Waals surface area contributed by atoms with Crippen molar-refractivity contribution >= 4 is 17.3 Å². The third kappa shape index (κ3) is 3.95. The summed E-state index contributed by atoms with van der Waals surface area (Å²) < 4.78 is 46.3. The van der Waals surface area contributed by atoms with Gasteiger partial charge in [-0.1, -0.05) is 37.3 Å². The average Bonchev–Trinajstić information content (AvgIpc) is 3.51. The largest absolute Gasteiger partial charge is 0.592 e. The van der Waals surface area contributed by atoms with Crippen LogP contribution in [0.4, 0.5) is 14.5 Å². The maximum atomic E-state index is 17.5. The number of anilines is 1. The van der Waals surface area contributed by atoms with Crippen LogP contribution in [0, 0.1) is 22.7 Å². The molecule has 7 rings (SSSR count). The number of aliphatic hydroxyl groups excluding tert-OH is 2. The number of rotatable bonds is 5. The van der Waals surface area contributed by atoms with E-state index < -0.39 is 76.8 Å². The minimum Gasteiger partial charge on any atom is -0.592 e. The van der Waals surface area contributed by atoms with E-state index in [4.69, 9.17) is 20.3 Å². The molecule has 0 bridgehead atoms. The summed E-state index contributed by atoms with van der Waals surface area (Å²) in [5, 5.41) is 29.6. The van der Waals surface area contributed by atoms with E-state index >= 15 is 8.78 Å². The van der Waals surface area contributed by atoms with E-state index in [0.717, 1.165) is 17.2 Å². The summed E-state index contributed by atoms with van der Waals surface area (Å²) in [4.78, 5) is 25.8. The van der Waals surface area contributed by atoms with Crippen LogP contribution >= 0.6 is 0 Å². The Labute approximate surface area is 259 Å². The second kappa shape index (κ2) is 10.0. The molecule has 0 radical (unpaired) electrons. The molecule has 3 saturated carbocycles. The number of nitrogen functional groups attached to an aromatic ring is 1. The van der Waals surface area contributed by atoms with Crippen molar-refractivity contribution in [1.82, 2.24) is 0 Å². The van der Waals surface area contributed by atoms with Gasteiger partial charge in [0.25, 0.3) is 5.75 Å². The lowest BCUT2D eigenvalue weighted by Crippen LogP contribution is -2.70. The standard InChI is InChI=1S/C35H37F2NO7/c1-32-10-9-21(40)13-24(32)25(36)14-23-22-15-30-35(29(43)17-39,33(22,2)16-28(42)34(23,32)37)45-31(44-30)20-6-3-18(4-7-20)11-19-5-8-27(41)26(38)12-19/h3-10,12-13,22-23,25,28,30-31,39,41-42H,11,14-17,38H2,1-2H3/p+1/t22-,23-,25-,28-,30+,31+,32-,33-,34-,35+/m0/s1. The molecule has 1 saturated heterocycles. The first kappa shape index (κ1) is 30.2. The fraction of sp³-hybridized carbons (Fsp3) is 0.486. The van der Waals surface area contributed by atoms with Crippen LogP contribution in [0.5, 0.6) is 5.75 Å². The van der Waals surface area contributed by atoms with Gasteiger partial charge in [0.1, 0.15) is 18.5 Å². The van der Waals surface area contributed by atoms with Gasteiger partial charge in [-0.3, -0.25) is 9.59 Å². The molecule has 4 fully saturated rings. The van der Waals surface area contributed by atoms with E-state index in [9.17, 15) is 19.8 Å². The number of carbonyl (C=O) groups is 2. The third-order valence-corrected chi connectivity index (χ3v) is 11.7. The number of hydrogen-bond donors (Lipinski definition) is 3. The van der Waals surface area contributed by atoms with Crippen LogP contribution in [-0.4, -0.2) is 63.1 Å². The van der Waals surface area contributed by atoms with Gasteiger partial charge < -0.3 is 30.5 Å². The molecular formula is C35H38F2NO7+. The second-order valence-corrected chi connectivity index (χ2v) is 13.8. The van der Waals surface area contributed by atoms with Crippen LogP contribution in [-0.2, 0) is 25.5 Å². The van der Waals surface area contributed by atoms with E-state index in [1.54, 1.807) is 19.1 Å². The zero-order chi connectivity index (χ0) is 32.1.